The van der Waals surface area contributed by atoms with Gasteiger partial charge >= 0.3 is 0 Å². The summed E-state index contributed by atoms with van der Waals surface area (Å²) in [7, 11) is 3.70. The zero-order chi connectivity index (χ0) is 18.0. The average molecular weight is 355 g/mol. The molecule has 2 aromatic heterocycles. The number of amides is 1. The lowest BCUT2D eigenvalue weighted by atomic mass is 10.1. The van der Waals surface area contributed by atoms with E-state index in [-0.39, 0.29) is 5.91 Å². The molecule has 0 spiro atoms. The minimum Gasteiger partial charge on any atom is -0.383 e. The molecular weight excluding hydrogens is 336 g/mol. The summed E-state index contributed by atoms with van der Waals surface area (Å²) in [4.78, 5) is 21.4. The number of aromatic nitrogens is 2. The molecule has 0 saturated carbocycles. The largest absolute Gasteiger partial charge is 0.383 e. The molecule has 0 saturated heterocycles. The molecule has 2 heterocycles. The summed E-state index contributed by atoms with van der Waals surface area (Å²) in [5.41, 5.74) is 4.47. The van der Waals surface area contributed by atoms with Gasteiger partial charge in [-0.3, -0.25) is 4.79 Å². The van der Waals surface area contributed by atoms with Crippen molar-refractivity contribution in [2.75, 3.05) is 19.4 Å². The molecule has 0 bridgehead atoms. The SMILES string of the molecule is Cc1c[nH]c2ncc(-c3ccc(Cl)c(NC(=O)/C=C/N(C)C)c3)cc12. The number of anilines is 1. The average Bonchev–Trinajstić information content (AvgIpc) is 2.96. The highest BCUT2D eigenvalue weighted by atomic mass is 35.5. The smallest absolute Gasteiger partial charge is 0.249 e. The molecule has 128 valence electrons. The molecule has 25 heavy (non-hydrogen) atoms. The van der Waals surface area contributed by atoms with Gasteiger partial charge < -0.3 is 15.2 Å². The Kier molecular flexibility index (Phi) is 4.76. The zero-order valence-electron chi connectivity index (χ0n) is 14.3. The molecule has 1 aromatic carbocycles. The summed E-state index contributed by atoms with van der Waals surface area (Å²) in [6.07, 6.45) is 6.88. The van der Waals surface area contributed by atoms with Gasteiger partial charge in [0.25, 0.3) is 0 Å². The Morgan fingerprint density at radius 3 is 2.84 bits per heavy atom. The first kappa shape index (κ1) is 17.0. The highest BCUT2D eigenvalue weighted by molar-refractivity contribution is 6.34. The van der Waals surface area contributed by atoms with Crippen LogP contribution in [0.1, 0.15) is 5.56 Å². The number of carbonyl (C=O) groups is 1. The number of pyridine rings is 1. The van der Waals surface area contributed by atoms with Gasteiger partial charge in [0.1, 0.15) is 5.65 Å². The molecule has 5 nitrogen and oxygen atoms in total. The van der Waals surface area contributed by atoms with E-state index >= 15 is 0 Å². The maximum Gasteiger partial charge on any atom is 0.249 e. The van der Waals surface area contributed by atoms with Crippen molar-refractivity contribution in [2.45, 2.75) is 6.92 Å². The van der Waals surface area contributed by atoms with Crippen molar-refractivity contribution in [2.24, 2.45) is 0 Å². The molecular formula is C19H19ClN4O. The van der Waals surface area contributed by atoms with E-state index in [0.717, 1.165) is 27.7 Å². The summed E-state index contributed by atoms with van der Waals surface area (Å²) in [5, 5.41) is 4.37. The van der Waals surface area contributed by atoms with Crippen molar-refractivity contribution in [1.82, 2.24) is 14.9 Å². The number of hydrogen-bond donors (Lipinski definition) is 2. The highest BCUT2D eigenvalue weighted by Gasteiger charge is 2.09. The van der Waals surface area contributed by atoms with Crippen LogP contribution in [-0.2, 0) is 4.79 Å². The van der Waals surface area contributed by atoms with E-state index in [2.05, 4.69) is 21.4 Å². The Morgan fingerprint density at radius 2 is 2.08 bits per heavy atom. The predicted molar refractivity (Wildman–Crippen MR) is 103 cm³/mol. The topological polar surface area (TPSA) is 61.0 Å². The first-order valence-corrected chi connectivity index (χ1v) is 8.21. The monoisotopic (exact) mass is 354 g/mol. The lowest BCUT2D eigenvalue weighted by molar-refractivity contribution is -0.112. The van der Waals surface area contributed by atoms with Crippen molar-refractivity contribution < 1.29 is 4.79 Å². The standard InChI is InChI=1S/C19H19ClN4O/c1-12-10-21-19-15(12)8-14(11-22-19)13-4-5-16(20)17(9-13)23-18(25)6-7-24(2)3/h4-11H,1-3H3,(H,21,22)(H,23,25)/b7-6+. The summed E-state index contributed by atoms with van der Waals surface area (Å²) in [6, 6.07) is 7.62. The second-order valence-corrected chi connectivity index (χ2v) is 6.46. The van der Waals surface area contributed by atoms with E-state index in [1.807, 2.05) is 39.3 Å². The molecule has 0 fully saturated rings. The number of hydrogen-bond acceptors (Lipinski definition) is 3. The van der Waals surface area contributed by atoms with Gasteiger partial charge in [0, 0.05) is 49.7 Å². The molecule has 0 aliphatic carbocycles. The zero-order valence-corrected chi connectivity index (χ0v) is 15.1. The third-order valence-electron chi connectivity index (χ3n) is 3.82. The molecule has 0 aliphatic rings. The Balaban J connectivity index is 1.92. The molecule has 0 unspecified atom stereocenters. The molecule has 3 rings (SSSR count). The maximum absolute atomic E-state index is 12.0. The van der Waals surface area contributed by atoms with E-state index in [4.69, 9.17) is 11.6 Å². The Bertz CT molecular complexity index is 959. The quantitative estimate of drug-likeness (QED) is 0.690. The van der Waals surface area contributed by atoms with Crippen molar-refractivity contribution in [1.29, 1.82) is 0 Å². The van der Waals surface area contributed by atoms with Crippen molar-refractivity contribution in [3.05, 3.63) is 59.5 Å². The fraction of sp³-hybridized carbons (Fsp3) is 0.158. The van der Waals surface area contributed by atoms with Crippen LogP contribution in [0, 0.1) is 6.92 Å². The fourth-order valence-electron chi connectivity index (χ4n) is 2.48. The summed E-state index contributed by atoms with van der Waals surface area (Å²) >= 11 is 6.22. The van der Waals surface area contributed by atoms with Gasteiger partial charge in [-0.25, -0.2) is 4.98 Å². The Morgan fingerprint density at radius 1 is 1.28 bits per heavy atom. The summed E-state index contributed by atoms with van der Waals surface area (Å²) in [5.74, 6) is -0.234. The van der Waals surface area contributed by atoms with E-state index in [9.17, 15) is 4.79 Å². The Hall–Kier alpha value is -2.79. The highest BCUT2D eigenvalue weighted by Crippen LogP contribution is 2.30. The minimum atomic E-state index is -0.234. The van der Waals surface area contributed by atoms with Crippen LogP contribution in [0.15, 0.2) is 48.9 Å². The van der Waals surface area contributed by atoms with E-state index < -0.39 is 0 Å². The predicted octanol–water partition coefficient (Wildman–Crippen LogP) is 4.21. The second kappa shape index (κ2) is 6.99. The van der Waals surface area contributed by atoms with Gasteiger partial charge in [0.2, 0.25) is 5.91 Å². The van der Waals surface area contributed by atoms with Crippen LogP contribution in [-0.4, -0.2) is 34.9 Å². The lowest BCUT2D eigenvalue weighted by Gasteiger charge is -2.09. The number of nitrogens with zero attached hydrogens (tertiary/aromatic N) is 2. The minimum absolute atomic E-state index is 0.234. The van der Waals surface area contributed by atoms with Gasteiger partial charge in [-0.1, -0.05) is 17.7 Å². The number of benzene rings is 1. The Labute approximate surface area is 151 Å². The second-order valence-electron chi connectivity index (χ2n) is 6.06. The van der Waals surface area contributed by atoms with Crippen LogP contribution in [0.25, 0.3) is 22.2 Å². The number of nitrogens with one attached hydrogen (secondary N) is 2. The summed E-state index contributed by atoms with van der Waals surface area (Å²) in [6.45, 7) is 2.04. The summed E-state index contributed by atoms with van der Waals surface area (Å²) < 4.78 is 0. The van der Waals surface area contributed by atoms with Gasteiger partial charge in [0.05, 0.1) is 10.7 Å². The molecule has 0 aliphatic heterocycles. The molecule has 6 heteroatoms. The van der Waals surface area contributed by atoms with Crippen LogP contribution in [0.4, 0.5) is 5.69 Å². The van der Waals surface area contributed by atoms with E-state index in [0.29, 0.717) is 10.7 Å². The number of fused-ring (bicyclic) bond motifs is 1. The van der Waals surface area contributed by atoms with Crippen LogP contribution >= 0.6 is 11.6 Å². The van der Waals surface area contributed by atoms with Gasteiger partial charge in [-0.05, 0) is 36.2 Å². The normalized spacial score (nSPS) is 11.2. The maximum atomic E-state index is 12.0. The number of halogens is 1. The number of aryl methyl sites for hydroxylation is 1. The molecule has 0 radical (unpaired) electrons. The van der Waals surface area contributed by atoms with Crippen LogP contribution < -0.4 is 5.32 Å². The van der Waals surface area contributed by atoms with Crippen LogP contribution in [0.5, 0.6) is 0 Å². The third kappa shape index (κ3) is 3.83. The molecule has 1 amide bonds. The number of carbonyl (C=O) groups excluding carboxylic acids is 1. The third-order valence-corrected chi connectivity index (χ3v) is 4.15. The molecule has 0 atom stereocenters. The van der Waals surface area contributed by atoms with E-state index in [1.165, 1.54) is 6.08 Å². The number of rotatable bonds is 4. The van der Waals surface area contributed by atoms with Crippen molar-refractivity contribution >= 4 is 34.2 Å². The number of H-pyrrole nitrogens is 1. The van der Waals surface area contributed by atoms with Crippen molar-refractivity contribution in [3.63, 3.8) is 0 Å². The van der Waals surface area contributed by atoms with Gasteiger partial charge in [-0.15, -0.1) is 0 Å². The first-order valence-electron chi connectivity index (χ1n) is 7.83. The fourth-order valence-corrected chi connectivity index (χ4v) is 2.65. The van der Waals surface area contributed by atoms with Crippen molar-refractivity contribution in [3.8, 4) is 11.1 Å². The first-order chi connectivity index (χ1) is 11.9. The van der Waals surface area contributed by atoms with E-state index in [1.54, 1.807) is 23.4 Å². The van der Waals surface area contributed by atoms with Crippen LogP contribution in [0.2, 0.25) is 5.02 Å². The van der Waals surface area contributed by atoms with Crippen LogP contribution in [0.3, 0.4) is 0 Å². The van der Waals surface area contributed by atoms with Gasteiger partial charge in [0.15, 0.2) is 0 Å². The lowest BCUT2D eigenvalue weighted by Crippen LogP contribution is -2.10. The van der Waals surface area contributed by atoms with Gasteiger partial charge in [-0.2, -0.15) is 0 Å². The number of aromatic amines is 1. The molecule has 3 aromatic rings. The molecule has 2 N–H and O–H groups in total.